The molecule has 4 heteroatoms. The average Bonchev–Trinajstić information content (AvgIpc) is 2.37. The van der Waals surface area contributed by atoms with Crippen LogP contribution in [0.25, 0.3) is 10.8 Å². The summed E-state index contributed by atoms with van der Waals surface area (Å²) >= 11 is 0. The molecule has 0 saturated heterocycles. The number of amides is 1. The molecule has 0 bridgehead atoms. The summed E-state index contributed by atoms with van der Waals surface area (Å²) in [6.07, 6.45) is -0.934. The molecule has 0 aliphatic heterocycles. The smallest absolute Gasteiger partial charge is 0.339 e. The Kier molecular flexibility index (Phi) is 3.28. The van der Waals surface area contributed by atoms with E-state index in [9.17, 15) is 9.59 Å². The van der Waals surface area contributed by atoms with Crippen molar-refractivity contribution in [2.75, 3.05) is 0 Å². The SMILES string of the molecule is C[C@H](OC(=O)c1cccc2ccccc12)C(N)=O. The number of hydrogen-bond donors (Lipinski definition) is 1. The lowest BCUT2D eigenvalue weighted by Crippen LogP contribution is -2.30. The van der Waals surface area contributed by atoms with E-state index in [1.165, 1.54) is 6.92 Å². The number of primary amides is 1. The molecule has 2 rings (SSSR count). The van der Waals surface area contributed by atoms with Crippen LogP contribution in [-0.2, 0) is 9.53 Å². The first-order valence-corrected chi connectivity index (χ1v) is 5.57. The number of esters is 1. The predicted molar refractivity (Wildman–Crippen MR) is 68.0 cm³/mol. The van der Waals surface area contributed by atoms with Gasteiger partial charge in [-0.05, 0) is 23.8 Å². The van der Waals surface area contributed by atoms with Crippen molar-refractivity contribution in [2.45, 2.75) is 13.0 Å². The highest BCUT2D eigenvalue weighted by Gasteiger charge is 2.17. The summed E-state index contributed by atoms with van der Waals surface area (Å²) in [5.74, 6) is -1.21. The van der Waals surface area contributed by atoms with Gasteiger partial charge in [-0.3, -0.25) is 4.79 Å². The highest BCUT2D eigenvalue weighted by Crippen LogP contribution is 2.19. The Morgan fingerprint density at radius 1 is 1.11 bits per heavy atom. The van der Waals surface area contributed by atoms with Gasteiger partial charge in [0.25, 0.3) is 5.91 Å². The molecule has 0 spiro atoms. The summed E-state index contributed by atoms with van der Waals surface area (Å²) in [7, 11) is 0. The summed E-state index contributed by atoms with van der Waals surface area (Å²) in [5, 5.41) is 1.74. The van der Waals surface area contributed by atoms with Crippen molar-refractivity contribution in [3.8, 4) is 0 Å². The molecule has 0 aromatic heterocycles. The molecule has 0 saturated carbocycles. The lowest BCUT2D eigenvalue weighted by molar-refractivity contribution is -0.125. The van der Waals surface area contributed by atoms with Gasteiger partial charge in [0, 0.05) is 0 Å². The Morgan fingerprint density at radius 3 is 2.50 bits per heavy atom. The summed E-state index contributed by atoms with van der Waals surface area (Å²) in [6.45, 7) is 1.45. The highest BCUT2D eigenvalue weighted by atomic mass is 16.5. The van der Waals surface area contributed by atoms with Gasteiger partial charge >= 0.3 is 5.97 Å². The summed E-state index contributed by atoms with van der Waals surface area (Å²) in [4.78, 5) is 22.8. The van der Waals surface area contributed by atoms with Crippen molar-refractivity contribution in [3.05, 3.63) is 48.0 Å². The highest BCUT2D eigenvalue weighted by molar-refractivity contribution is 6.05. The fourth-order valence-corrected chi connectivity index (χ4v) is 1.69. The predicted octanol–water partition coefficient (Wildman–Crippen LogP) is 1.87. The van der Waals surface area contributed by atoms with Gasteiger partial charge in [-0.1, -0.05) is 36.4 Å². The average molecular weight is 243 g/mol. The first-order chi connectivity index (χ1) is 8.59. The maximum absolute atomic E-state index is 11.9. The fraction of sp³-hybridized carbons (Fsp3) is 0.143. The molecular formula is C14H13NO3. The number of rotatable bonds is 3. The third-order valence-corrected chi connectivity index (χ3v) is 2.69. The first-order valence-electron chi connectivity index (χ1n) is 5.57. The minimum atomic E-state index is -0.934. The third-order valence-electron chi connectivity index (χ3n) is 2.69. The van der Waals surface area contributed by atoms with Crippen molar-refractivity contribution < 1.29 is 14.3 Å². The molecule has 0 aliphatic rings. The minimum absolute atomic E-state index is 0.432. The van der Waals surface area contributed by atoms with Gasteiger partial charge in [0.05, 0.1) is 5.56 Å². The van der Waals surface area contributed by atoms with Gasteiger partial charge < -0.3 is 10.5 Å². The standard InChI is InChI=1S/C14H13NO3/c1-9(13(15)16)18-14(17)12-8-4-6-10-5-2-3-7-11(10)12/h2-9H,1H3,(H2,15,16)/t9-/m0/s1. The second-order valence-electron chi connectivity index (χ2n) is 3.98. The van der Waals surface area contributed by atoms with E-state index >= 15 is 0 Å². The molecule has 2 N–H and O–H groups in total. The summed E-state index contributed by atoms with van der Waals surface area (Å²) in [6, 6.07) is 12.8. The Balaban J connectivity index is 2.36. The Morgan fingerprint density at radius 2 is 1.78 bits per heavy atom. The van der Waals surface area contributed by atoms with Crippen molar-refractivity contribution >= 4 is 22.6 Å². The quantitative estimate of drug-likeness (QED) is 0.836. The second kappa shape index (κ2) is 4.87. The van der Waals surface area contributed by atoms with Gasteiger partial charge in [0.1, 0.15) is 0 Å². The maximum atomic E-state index is 11.9. The lowest BCUT2D eigenvalue weighted by atomic mass is 10.0. The van der Waals surface area contributed by atoms with Crippen LogP contribution in [0.5, 0.6) is 0 Å². The zero-order valence-electron chi connectivity index (χ0n) is 9.92. The zero-order valence-corrected chi connectivity index (χ0v) is 9.92. The number of benzene rings is 2. The van der Waals surface area contributed by atoms with Crippen LogP contribution in [0.2, 0.25) is 0 Å². The van der Waals surface area contributed by atoms with E-state index in [0.717, 1.165) is 10.8 Å². The molecule has 0 unspecified atom stereocenters. The Bertz CT molecular complexity index is 602. The monoisotopic (exact) mass is 243 g/mol. The van der Waals surface area contributed by atoms with Crippen LogP contribution >= 0.6 is 0 Å². The lowest BCUT2D eigenvalue weighted by Gasteiger charge is -2.11. The van der Waals surface area contributed by atoms with Gasteiger partial charge in [-0.2, -0.15) is 0 Å². The normalized spacial score (nSPS) is 12.1. The Labute approximate surface area is 104 Å². The van der Waals surface area contributed by atoms with E-state index in [-0.39, 0.29) is 0 Å². The molecule has 1 amide bonds. The largest absolute Gasteiger partial charge is 0.449 e. The molecule has 2 aromatic carbocycles. The van der Waals surface area contributed by atoms with Crippen molar-refractivity contribution in [3.63, 3.8) is 0 Å². The molecular weight excluding hydrogens is 230 g/mol. The first kappa shape index (κ1) is 12.1. The van der Waals surface area contributed by atoms with E-state index in [0.29, 0.717) is 5.56 Å². The van der Waals surface area contributed by atoms with E-state index in [1.54, 1.807) is 12.1 Å². The molecule has 1 atom stereocenters. The minimum Gasteiger partial charge on any atom is -0.449 e. The second-order valence-corrected chi connectivity index (χ2v) is 3.98. The number of carbonyl (C=O) groups excluding carboxylic acids is 2. The number of nitrogens with two attached hydrogens (primary N) is 1. The summed E-state index contributed by atoms with van der Waals surface area (Å²) in [5.41, 5.74) is 5.49. The van der Waals surface area contributed by atoms with Gasteiger partial charge in [0.2, 0.25) is 0 Å². The number of carbonyl (C=O) groups is 2. The number of fused-ring (bicyclic) bond motifs is 1. The maximum Gasteiger partial charge on any atom is 0.339 e. The van der Waals surface area contributed by atoms with Crippen LogP contribution in [0.4, 0.5) is 0 Å². The summed E-state index contributed by atoms with van der Waals surface area (Å²) < 4.78 is 4.99. The Hall–Kier alpha value is -2.36. The third kappa shape index (κ3) is 2.32. The van der Waals surface area contributed by atoms with Crippen LogP contribution in [-0.4, -0.2) is 18.0 Å². The van der Waals surface area contributed by atoms with Gasteiger partial charge in [0.15, 0.2) is 6.10 Å². The van der Waals surface area contributed by atoms with Crippen LogP contribution in [0.3, 0.4) is 0 Å². The van der Waals surface area contributed by atoms with E-state index in [2.05, 4.69) is 0 Å². The molecule has 2 aromatic rings. The van der Waals surface area contributed by atoms with E-state index in [4.69, 9.17) is 10.5 Å². The van der Waals surface area contributed by atoms with Gasteiger partial charge in [-0.15, -0.1) is 0 Å². The molecule has 0 radical (unpaired) electrons. The van der Waals surface area contributed by atoms with E-state index < -0.39 is 18.0 Å². The fourth-order valence-electron chi connectivity index (χ4n) is 1.69. The molecule has 0 fully saturated rings. The zero-order chi connectivity index (χ0) is 13.1. The van der Waals surface area contributed by atoms with Crippen LogP contribution in [0, 0.1) is 0 Å². The molecule has 0 aliphatic carbocycles. The van der Waals surface area contributed by atoms with E-state index in [1.807, 2.05) is 30.3 Å². The number of hydrogen-bond acceptors (Lipinski definition) is 3. The van der Waals surface area contributed by atoms with Gasteiger partial charge in [-0.25, -0.2) is 4.79 Å². The molecule has 0 heterocycles. The van der Waals surface area contributed by atoms with Crippen molar-refractivity contribution in [2.24, 2.45) is 5.73 Å². The topological polar surface area (TPSA) is 69.4 Å². The molecule has 18 heavy (non-hydrogen) atoms. The van der Waals surface area contributed by atoms with Crippen molar-refractivity contribution in [1.29, 1.82) is 0 Å². The van der Waals surface area contributed by atoms with Crippen LogP contribution in [0.15, 0.2) is 42.5 Å². The van der Waals surface area contributed by atoms with Crippen LogP contribution in [0.1, 0.15) is 17.3 Å². The van der Waals surface area contributed by atoms with Crippen molar-refractivity contribution in [1.82, 2.24) is 0 Å². The van der Waals surface area contributed by atoms with Crippen LogP contribution < -0.4 is 5.73 Å². The molecule has 92 valence electrons. The molecule has 4 nitrogen and oxygen atoms in total. The number of ether oxygens (including phenoxy) is 1.